The van der Waals surface area contributed by atoms with E-state index in [0.717, 1.165) is 51.4 Å². The van der Waals surface area contributed by atoms with Crippen molar-refractivity contribution in [2.24, 2.45) is 0 Å². The van der Waals surface area contributed by atoms with E-state index in [1.54, 1.807) is 0 Å². The number of rotatable bonds is 14. The van der Waals surface area contributed by atoms with Crippen LogP contribution in [0.2, 0.25) is 0 Å². The van der Waals surface area contributed by atoms with Crippen LogP contribution in [0.15, 0.2) is 48.5 Å². The highest BCUT2D eigenvalue weighted by molar-refractivity contribution is 5.90. The van der Waals surface area contributed by atoms with Crippen molar-refractivity contribution < 1.29 is 19.1 Å². The third kappa shape index (κ3) is 9.03. The molecule has 4 nitrogen and oxygen atoms in total. The van der Waals surface area contributed by atoms with E-state index in [0.29, 0.717) is 17.5 Å². The van der Waals surface area contributed by atoms with Crippen LogP contribution in [0.25, 0.3) is 0 Å². The highest BCUT2D eigenvalue weighted by Crippen LogP contribution is 2.20. The molecule has 2 unspecified atom stereocenters. The second-order valence-corrected chi connectivity index (χ2v) is 8.76. The fraction of sp³-hybridized carbons (Fsp3) is 0.517. The Morgan fingerprint density at radius 1 is 0.606 bits per heavy atom. The minimum atomic E-state index is -0.315. The van der Waals surface area contributed by atoms with Gasteiger partial charge in [0, 0.05) is 6.42 Å². The third-order valence-corrected chi connectivity index (χ3v) is 5.75. The molecule has 0 fully saturated rings. The van der Waals surface area contributed by atoms with Crippen molar-refractivity contribution in [3.8, 4) is 0 Å². The van der Waals surface area contributed by atoms with Gasteiger partial charge in [-0.3, -0.25) is 0 Å². The molecule has 0 aliphatic rings. The van der Waals surface area contributed by atoms with E-state index in [4.69, 9.17) is 9.47 Å². The van der Waals surface area contributed by atoms with Gasteiger partial charge in [0.25, 0.3) is 0 Å². The molecular formula is C29H40O4. The Balaban J connectivity index is 2.01. The van der Waals surface area contributed by atoms with Crippen molar-refractivity contribution in [1.29, 1.82) is 0 Å². The summed E-state index contributed by atoms with van der Waals surface area (Å²) in [5.41, 5.74) is 3.56. The van der Waals surface area contributed by atoms with Crippen LogP contribution in [-0.4, -0.2) is 24.1 Å². The molecule has 2 atom stereocenters. The maximum atomic E-state index is 12.7. The number of aryl methyl sites for hydroxylation is 2. The fourth-order valence-corrected chi connectivity index (χ4v) is 4.02. The minimum Gasteiger partial charge on any atom is -0.459 e. The van der Waals surface area contributed by atoms with E-state index in [1.165, 1.54) is 11.1 Å². The van der Waals surface area contributed by atoms with Gasteiger partial charge in [-0.15, -0.1) is 0 Å². The quantitative estimate of drug-likeness (QED) is 0.282. The summed E-state index contributed by atoms with van der Waals surface area (Å²) in [4.78, 5) is 25.5. The first kappa shape index (κ1) is 26.6. The number of ether oxygens (including phenoxy) is 2. The van der Waals surface area contributed by atoms with Crippen LogP contribution in [0.4, 0.5) is 0 Å². The first-order valence-corrected chi connectivity index (χ1v) is 12.6. The number of benzene rings is 2. The van der Waals surface area contributed by atoms with Crippen LogP contribution in [0.5, 0.6) is 0 Å². The molecule has 4 heteroatoms. The summed E-state index contributed by atoms with van der Waals surface area (Å²) in [6.45, 7) is 8.41. The molecule has 0 aliphatic heterocycles. The van der Waals surface area contributed by atoms with Crippen LogP contribution in [0.3, 0.4) is 0 Å². The maximum Gasteiger partial charge on any atom is 0.338 e. The van der Waals surface area contributed by atoms with Gasteiger partial charge < -0.3 is 9.47 Å². The van der Waals surface area contributed by atoms with Gasteiger partial charge in [-0.05, 0) is 61.1 Å². The van der Waals surface area contributed by atoms with Crippen LogP contribution >= 0.6 is 0 Å². The highest BCUT2D eigenvalue weighted by Gasteiger charge is 2.23. The van der Waals surface area contributed by atoms with Crippen LogP contribution in [0, 0.1) is 0 Å². The lowest BCUT2D eigenvalue weighted by atomic mass is 10.0. The summed E-state index contributed by atoms with van der Waals surface area (Å²) in [5.74, 6) is -0.630. The number of hydrogen-bond donors (Lipinski definition) is 0. The third-order valence-electron chi connectivity index (χ3n) is 5.75. The largest absolute Gasteiger partial charge is 0.459 e. The standard InChI is InChI=1S/C29H40O4/c1-5-9-22-13-17-24(18-14-22)28(30)32-26(11-7-3)21-27(12-8-4)33-29(31)25-19-15-23(10-6-2)16-20-25/h13-20,26-27H,5-12,21H2,1-4H3. The molecule has 0 N–H and O–H groups in total. The van der Waals surface area contributed by atoms with Crippen molar-refractivity contribution in [1.82, 2.24) is 0 Å². The lowest BCUT2D eigenvalue weighted by molar-refractivity contribution is -0.00414. The second kappa shape index (κ2) is 14.5. The summed E-state index contributed by atoms with van der Waals surface area (Å²) in [7, 11) is 0. The van der Waals surface area contributed by atoms with Crippen molar-refractivity contribution >= 4 is 11.9 Å². The number of esters is 2. The van der Waals surface area contributed by atoms with E-state index in [-0.39, 0.29) is 24.1 Å². The Kier molecular flexibility index (Phi) is 11.7. The van der Waals surface area contributed by atoms with Crippen molar-refractivity contribution in [2.75, 3.05) is 0 Å². The summed E-state index contributed by atoms with van der Waals surface area (Å²) < 4.78 is 11.7. The Hall–Kier alpha value is -2.62. The van der Waals surface area contributed by atoms with Gasteiger partial charge >= 0.3 is 11.9 Å². The molecule has 0 bridgehead atoms. The van der Waals surface area contributed by atoms with Crippen LogP contribution in [-0.2, 0) is 22.3 Å². The summed E-state index contributed by atoms with van der Waals surface area (Å²) in [6, 6.07) is 15.3. The SMILES string of the molecule is CCCc1ccc(C(=O)OC(CCC)CC(CCC)OC(=O)c2ccc(CCC)cc2)cc1. The molecule has 0 aliphatic carbocycles. The van der Waals surface area contributed by atoms with E-state index < -0.39 is 0 Å². The monoisotopic (exact) mass is 452 g/mol. The Morgan fingerprint density at radius 3 is 1.27 bits per heavy atom. The van der Waals surface area contributed by atoms with Gasteiger partial charge in [-0.2, -0.15) is 0 Å². The molecule has 0 heterocycles. The van der Waals surface area contributed by atoms with E-state index in [9.17, 15) is 9.59 Å². The molecule has 33 heavy (non-hydrogen) atoms. The van der Waals surface area contributed by atoms with Gasteiger partial charge in [-0.25, -0.2) is 9.59 Å². The average Bonchev–Trinajstić information content (AvgIpc) is 2.80. The minimum absolute atomic E-state index is 0.283. The molecule has 2 aromatic rings. The van der Waals surface area contributed by atoms with Gasteiger partial charge in [-0.1, -0.05) is 77.6 Å². The lowest BCUT2D eigenvalue weighted by Crippen LogP contribution is -2.27. The van der Waals surface area contributed by atoms with E-state index >= 15 is 0 Å². The molecule has 2 rings (SSSR count). The van der Waals surface area contributed by atoms with Crippen molar-refractivity contribution in [3.63, 3.8) is 0 Å². The normalized spacial score (nSPS) is 12.7. The molecule has 0 saturated carbocycles. The molecule has 2 aromatic carbocycles. The first-order chi connectivity index (χ1) is 16.0. The van der Waals surface area contributed by atoms with E-state index in [1.807, 2.05) is 48.5 Å². The van der Waals surface area contributed by atoms with E-state index in [2.05, 4.69) is 27.7 Å². The molecular weight excluding hydrogens is 412 g/mol. The molecule has 180 valence electrons. The smallest absolute Gasteiger partial charge is 0.338 e. The zero-order valence-electron chi connectivity index (χ0n) is 20.8. The predicted molar refractivity (Wildman–Crippen MR) is 134 cm³/mol. The van der Waals surface area contributed by atoms with Crippen LogP contribution in [0.1, 0.15) is 104 Å². The molecule has 0 amide bonds. The molecule has 0 aromatic heterocycles. The Morgan fingerprint density at radius 2 is 0.970 bits per heavy atom. The Labute approximate surface area is 199 Å². The number of carbonyl (C=O) groups is 2. The summed E-state index contributed by atoms with van der Waals surface area (Å²) in [5, 5.41) is 0. The number of hydrogen-bond acceptors (Lipinski definition) is 4. The van der Waals surface area contributed by atoms with Crippen molar-refractivity contribution in [2.45, 2.75) is 97.7 Å². The van der Waals surface area contributed by atoms with Gasteiger partial charge in [0.05, 0.1) is 11.1 Å². The highest BCUT2D eigenvalue weighted by atomic mass is 16.6. The molecule has 0 radical (unpaired) electrons. The number of carbonyl (C=O) groups excluding carboxylic acids is 2. The average molecular weight is 453 g/mol. The zero-order valence-corrected chi connectivity index (χ0v) is 20.8. The Bertz CT molecular complexity index is 767. The summed E-state index contributed by atoms with van der Waals surface area (Å²) in [6.07, 6.45) is 7.35. The maximum absolute atomic E-state index is 12.7. The second-order valence-electron chi connectivity index (χ2n) is 8.76. The lowest BCUT2D eigenvalue weighted by Gasteiger charge is -2.24. The van der Waals surface area contributed by atoms with Gasteiger partial charge in [0.1, 0.15) is 12.2 Å². The fourth-order valence-electron chi connectivity index (χ4n) is 4.02. The first-order valence-electron chi connectivity index (χ1n) is 12.6. The van der Waals surface area contributed by atoms with Crippen molar-refractivity contribution in [3.05, 3.63) is 70.8 Å². The topological polar surface area (TPSA) is 52.6 Å². The molecule has 0 saturated heterocycles. The van der Waals surface area contributed by atoms with Gasteiger partial charge in [0.2, 0.25) is 0 Å². The zero-order chi connectivity index (χ0) is 24.1. The van der Waals surface area contributed by atoms with Gasteiger partial charge in [0.15, 0.2) is 0 Å². The predicted octanol–water partition coefficient (Wildman–Crippen LogP) is 7.33. The molecule has 0 spiro atoms. The summed E-state index contributed by atoms with van der Waals surface area (Å²) >= 11 is 0. The van der Waals surface area contributed by atoms with Crippen LogP contribution < -0.4 is 0 Å².